The van der Waals surface area contributed by atoms with E-state index < -0.39 is 6.04 Å². The quantitative estimate of drug-likeness (QED) is 0.716. The summed E-state index contributed by atoms with van der Waals surface area (Å²) in [7, 11) is 1.66. The molecule has 4 nitrogen and oxygen atoms in total. The lowest BCUT2D eigenvalue weighted by atomic mass is 10.0. The summed E-state index contributed by atoms with van der Waals surface area (Å²) in [6.45, 7) is 4.79. The fraction of sp³-hybridized carbons (Fsp3) is 0.562. The van der Waals surface area contributed by atoms with Crippen molar-refractivity contribution in [1.82, 2.24) is 5.32 Å². The lowest BCUT2D eigenvalue weighted by Gasteiger charge is -2.14. The molecule has 0 bridgehead atoms. The molecule has 0 aromatic heterocycles. The van der Waals surface area contributed by atoms with Gasteiger partial charge in [0, 0.05) is 6.54 Å². The molecule has 0 saturated heterocycles. The zero-order chi connectivity index (χ0) is 15.0. The van der Waals surface area contributed by atoms with E-state index in [1.54, 1.807) is 7.11 Å². The molecular formula is C16H26N2O2. The van der Waals surface area contributed by atoms with Crippen molar-refractivity contribution in [3.8, 4) is 5.75 Å². The number of methoxy groups -OCH3 is 1. The van der Waals surface area contributed by atoms with E-state index in [0.29, 0.717) is 12.5 Å². The van der Waals surface area contributed by atoms with Crippen molar-refractivity contribution in [1.29, 1.82) is 0 Å². The van der Waals surface area contributed by atoms with Gasteiger partial charge >= 0.3 is 0 Å². The van der Waals surface area contributed by atoms with Gasteiger partial charge in [-0.1, -0.05) is 26.0 Å². The molecule has 3 N–H and O–H groups in total. The second-order valence-corrected chi connectivity index (χ2v) is 5.48. The van der Waals surface area contributed by atoms with Crippen LogP contribution in [-0.4, -0.2) is 25.6 Å². The lowest BCUT2D eigenvalue weighted by molar-refractivity contribution is -0.122. The van der Waals surface area contributed by atoms with E-state index in [-0.39, 0.29) is 5.91 Å². The van der Waals surface area contributed by atoms with Gasteiger partial charge in [0.1, 0.15) is 5.75 Å². The Kier molecular flexibility index (Phi) is 7.09. The number of hydrogen-bond donors (Lipinski definition) is 2. The average Bonchev–Trinajstić information content (AvgIpc) is 2.42. The van der Waals surface area contributed by atoms with Gasteiger partial charge in [0.2, 0.25) is 5.91 Å². The largest absolute Gasteiger partial charge is 0.497 e. The number of ether oxygens (including phenoxy) is 1. The Balaban J connectivity index is 2.25. The maximum absolute atomic E-state index is 11.7. The minimum absolute atomic E-state index is 0.0515. The summed E-state index contributed by atoms with van der Waals surface area (Å²) in [4.78, 5) is 11.7. The van der Waals surface area contributed by atoms with E-state index >= 15 is 0 Å². The molecule has 0 spiro atoms. The summed E-state index contributed by atoms with van der Waals surface area (Å²) in [5.74, 6) is 1.25. The highest BCUT2D eigenvalue weighted by Crippen LogP contribution is 2.13. The second kappa shape index (κ2) is 8.59. The van der Waals surface area contributed by atoms with Gasteiger partial charge in [-0.25, -0.2) is 0 Å². The molecule has 1 rings (SSSR count). The van der Waals surface area contributed by atoms with Gasteiger partial charge < -0.3 is 15.8 Å². The number of aryl methyl sites for hydroxylation is 1. The van der Waals surface area contributed by atoms with Crippen molar-refractivity contribution >= 4 is 5.91 Å². The van der Waals surface area contributed by atoms with Gasteiger partial charge in [-0.15, -0.1) is 0 Å². The molecule has 1 aromatic carbocycles. The number of rotatable bonds is 8. The molecule has 20 heavy (non-hydrogen) atoms. The summed E-state index contributed by atoms with van der Waals surface area (Å²) < 4.78 is 5.18. The molecule has 0 fully saturated rings. The van der Waals surface area contributed by atoms with Crippen molar-refractivity contribution in [2.75, 3.05) is 13.7 Å². The maximum Gasteiger partial charge on any atom is 0.236 e. The van der Waals surface area contributed by atoms with Crippen LogP contribution < -0.4 is 15.8 Å². The summed E-state index contributed by atoms with van der Waals surface area (Å²) in [5.41, 5.74) is 7.03. The predicted octanol–water partition coefficient (Wildman–Crippen LogP) is 2.12. The second-order valence-electron chi connectivity index (χ2n) is 5.48. The van der Waals surface area contributed by atoms with Crippen LogP contribution in [0.5, 0.6) is 5.75 Å². The Morgan fingerprint density at radius 2 is 2.15 bits per heavy atom. The van der Waals surface area contributed by atoms with Crippen LogP contribution in [0.15, 0.2) is 24.3 Å². The van der Waals surface area contributed by atoms with Crippen LogP contribution in [0.25, 0.3) is 0 Å². The van der Waals surface area contributed by atoms with Gasteiger partial charge in [0.25, 0.3) is 0 Å². The zero-order valence-corrected chi connectivity index (χ0v) is 12.7. The molecule has 0 heterocycles. The Morgan fingerprint density at radius 3 is 2.80 bits per heavy atom. The molecule has 4 heteroatoms. The van der Waals surface area contributed by atoms with E-state index in [9.17, 15) is 4.79 Å². The van der Waals surface area contributed by atoms with Gasteiger partial charge in [0.15, 0.2) is 0 Å². The number of carbonyl (C=O) groups excluding carboxylic acids is 1. The first-order valence-corrected chi connectivity index (χ1v) is 7.19. The smallest absolute Gasteiger partial charge is 0.236 e. The maximum atomic E-state index is 11.7. The first-order valence-electron chi connectivity index (χ1n) is 7.19. The van der Waals surface area contributed by atoms with Crippen LogP contribution >= 0.6 is 0 Å². The first-order chi connectivity index (χ1) is 9.52. The van der Waals surface area contributed by atoms with E-state index in [1.165, 1.54) is 5.56 Å². The Morgan fingerprint density at radius 1 is 1.40 bits per heavy atom. The molecule has 1 atom stereocenters. The number of hydrogen-bond acceptors (Lipinski definition) is 3. The average molecular weight is 278 g/mol. The van der Waals surface area contributed by atoms with Gasteiger partial charge in [-0.2, -0.15) is 0 Å². The van der Waals surface area contributed by atoms with Gasteiger partial charge in [0.05, 0.1) is 13.2 Å². The highest BCUT2D eigenvalue weighted by Gasteiger charge is 2.13. The molecule has 1 amide bonds. The minimum atomic E-state index is -0.396. The lowest BCUT2D eigenvalue weighted by Crippen LogP contribution is -2.41. The summed E-state index contributed by atoms with van der Waals surface area (Å²) in [6.07, 6.45) is 2.53. The third-order valence-electron chi connectivity index (χ3n) is 3.14. The molecule has 0 radical (unpaired) electrons. The van der Waals surface area contributed by atoms with Crippen LogP contribution in [0, 0.1) is 5.92 Å². The van der Waals surface area contributed by atoms with Crippen molar-refractivity contribution < 1.29 is 9.53 Å². The van der Waals surface area contributed by atoms with Crippen molar-refractivity contribution in [3.05, 3.63) is 29.8 Å². The molecule has 112 valence electrons. The number of nitrogens with one attached hydrogen (secondary N) is 1. The zero-order valence-electron chi connectivity index (χ0n) is 12.7. The topological polar surface area (TPSA) is 64.3 Å². The van der Waals surface area contributed by atoms with Crippen molar-refractivity contribution in [2.24, 2.45) is 11.7 Å². The third kappa shape index (κ3) is 6.06. The number of benzene rings is 1. The molecule has 0 aliphatic rings. The predicted molar refractivity (Wildman–Crippen MR) is 81.8 cm³/mol. The molecule has 0 aliphatic heterocycles. The van der Waals surface area contributed by atoms with E-state index in [4.69, 9.17) is 10.5 Å². The highest BCUT2D eigenvalue weighted by molar-refractivity contribution is 5.81. The molecule has 0 unspecified atom stereocenters. The van der Waals surface area contributed by atoms with Gasteiger partial charge in [-0.05, 0) is 42.9 Å². The van der Waals surface area contributed by atoms with Gasteiger partial charge in [-0.3, -0.25) is 4.79 Å². The Bertz CT molecular complexity index is 419. The third-order valence-corrected chi connectivity index (χ3v) is 3.14. The summed E-state index contributed by atoms with van der Waals surface area (Å²) in [5, 5.41) is 2.89. The molecule has 1 aromatic rings. The van der Waals surface area contributed by atoms with E-state index in [0.717, 1.165) is 25.0 Å². The SMILES string of the molecule is COc1cccc(CCCNC(=O)[C@@H](N)CC(C)C)c1. The van der Waals surface area contributed by atoms with Crippen LogP contribution in [-0.2, 0) is 11.2 Å². The van der Waals surface area contributed by atoms with Crippen molar-refractivity contribution in [2.45, 2.75) is 39.2 Å². The van der Waals surface area contributed by atoms with Crippen LogP contribution in [0.3, 0.4) is 0 Å². The number of amides is 1. The summed E-state index contributed by atoms with van der Waals surface area (Å²) >= 11 is 0. The van der Waals surface area contributed by atoms with Crippen LogP contribution in [0.2, 0.25) is 0 Å². The Labute approximate surface area is 121 Å². The normalized spacial score (nSPS) is 12.2. The van der Waals surface area contributed by atoms with Crippen LogP contribution in [0.1, 0.15) is 32.3 Å². The standard InChI is InChI=1S/C16H26N2O2/c1-12(2)10-15(17)16(19)18-9-5-7-13-6-4-8-14(11-13)20-3/h4,6,8,11-12,15H,5,7,9-10,17H2,1-3H3,(H,18,19)/t15-/m0/s1. The van der Waals surface area contributed by atoms with Crippen molar-refractivity contribution in [3.63, 3.8) is 0 Å². The van der Waals surface area contributed by atoms with E-state index in [1.807, 2.05) is 18.2 Å². The highest BCUT2D eigenvalue weighted by atomic mass is 16.5. The molecular weight excluding hydrogens is 252 g/mol. The number of carbonyl (C=O) groups is 1. The summed E-state index contributed by atoms with van der Waals surface area (Å²) in [6, 6.07) is 7.59. The molecule has 0 aliphatic carbocycles. The minimum Gasteiger partial charge on any atom is -0.497 e. The fourth-order valence-electron chi connectivity index (χ4n) is 2.08. The first kappa shape index (κ1) is 16.5. The number of nitrogens with two attached hydrogens (primary N) is 1. The van der Waals surface area contributed by atoms with Crippen LogP contribution in [0.4, 0.5) is 0 Å². The van der Waals surface area contributed by atoms with E-state index in [2.05, 4.69) is 25.2 Å². The fourth-order valence-corrected chi connectivity index (χ4v) is 2.08. The molecule has 0 saturated carbocycles. The Hall–Kier alpha value is -1.55. The monoisotopic (exact) mass is 278 g/mol.